The maximum Gasteiger partial charge on any atom is 0.311 e. The van der Waals surface area contributed by atoms with Crippen LogP contribution in [0.15, 0.2) is 101 Å². The van der Waals surface area contributed by atoms with E-state index in [1.165, 1.54) is 23.1 Å². The van der Waals surface area contributed by atoms with Crippen molar-refractivity contribution in [2.24, 2.45) is 0 Å². The first-order chi connectivity index (χ1) is 20.4. The highest BCUT2D eigenvalue weighted by Crippen LogP contribution is 2.22. The van der Waals surface area contributed by atoms with Crippen LogP contribution in [0.2, 0.25) is 0 Å². The molecule has 3 amide bonds. The van der Waals surface area contributed by atoms with Crippen LogP contribution in [0.25, 0.3) is 6.08 Å². The maximum absolute atomic E-state index is 13.2. The van der Waals surface area contributed by atoms with E-state index < -0.39 is 11.8 Å². The first-order valence-electron chi connectivity index (χ1n) is 13.0. The quantitative estimate of drug-likeness (QED) is 0.113. The number of thiazole rings is 1. The third kappa shape index (κ3) is 9.43. The number of nitrogens with zero attached hydrogens (tertiary/aromatic N) is 1. The van der Waals surface area contributed by atoms with E-state index in [1.807, 2.05) is 36.4 Å². The van der Waals surface area contributed by atoms with Gasteiger partial charge in [-0.25, -0.2) is 4.98 Å². The zero-order chi connectivity index (χ0) is 29.7. The second-order valence-electron chi connectivity index (χ2n) is 8.73. The number of aromatic nitrogens is 1. The summed E-state index contributed by atoms with van der Waals surface area (Å²) in [7, 11) is 0. The van der Waals surface area contributed by atoms with Crippen LogP contribution in [0.4, 0.5) is 10.8 Å². The van der Waals surface area contributed by atoms with E-state index in [0.29, 0.717) is 28.7 Å². The van der Waals surface area contributed by atoms with Crippen molar-refractivity contribution in [3.63, 3.8) is 0 Å². The fourth-order valence-electron chi connectivity index (χ4n) is 3.60. The molecule has 0 spiro atoms. The zero-order valence-corrected chi connectivity index (χ0v) is 24.3. The molecule has 1 aromatic heterocycles. The normalized spacial score (nSPS) is 10.9. The number of carbonyl (C=O) groups excluding carboxylic acids is 4. The lowest BCUT2D eigenvalue weighted by atomic mass is 10.1. The molecule has 4 aromatic rings. The number of carbonyl (C=O) groups is 4. The Morgan fingerprint density at radius 3 is 2.29 bits per heavy atom. The summed E-state index contributed by atoms with van der Waals surface area (Å²) < 4.78 is 4.91. The summed E-state index contributed by atoms with van der Waals surface area (Å²) in [6.45, 7) is 2.04. The van der Waals surface area contributed by atoms with Gasteiger partial charge in [0.2, 0.25) is 5.91 Å². The van der Waals surface area contributed by atoms with Gasteiger partial charge in [0, 0.05) is 21.5 Å². The summed E-state index contributed by atoms with van der Waals surface area (Å²) in [6, 6.07) is 24.9. The lowest BCUT2D eigenvalue weighted by Gasteiger charge is -2.12. The second-order valence-corrected chi connectivity index (χ2v) is 10.6. The number of nitrogens with one attached hydrogen (secondary N) is 3. The Labute approximate surface area is 251 Å². The average Bonchev–Trinajstić information content (AvgIpc) is 3.43. The number of hydrogen-bond acceptors (Lipinski definition) is 8. The smallest absolute Gasteiger partial charge is 0.311 e. The van der Waals surface area contributed by atoms with Crippen LogP contribution >= 0.6 is 23.1 Å². The van der Waals surface area contributed by atoms with Crippen LogP contribution in [-0.2, 0) is 25.5 Å². The minimum atomic E-state index is -0.478. The van der Waals surface area contributed by atoms with Gasteiger partial charge in [0.25, 0.3) is 11.8 Å². The van der Waals surface area contributed by atoms with Crippen LogP contribution in [0, 0.1) is 0 Å². The molecule has 0 fully saturated rings. The monoisotopic (exact) mass is 600 g/mol. The van der Waals surface area contributed by atoms with Crippen molar-refractivity contribution in [1.29, 1.82) is 0 Å². The number of hydrogen-bond donors (Lipinski definition) is 3. The van der Waals surface area contributed by atoms with E-state index in [1.54, 1.807) is 66.9 Å². The Morgan fingerprint density at radius 1 is 0.905 bits per heavy atom. The number of thioether (sulfide) groups is 1. The van der Waals surface area contributed by atoms with Crippen molar-refractivity contribution in [2.75, 3.05) is 23.0 Å². The number of amides is 3. The molecular formula is C31H28N4O5S2. The molecule has 3 N–H and O–H groups in total. The summed E-state index contributed by atoms with van der Waals surface area (Å²) >= 11 is 2.56. The molecule has 0 aliphatic heterocycles. The molecule has 3 aromatic carbocycles. The van der Waals surface area contributed by atoms with E-state index in [9.17, 15) is 19.2 Å². The van der Waals surface area contributed by atoms with Gasteiger partial charge in [0.1, 0.15) is 5.70 Å². The fraction of sp³-hybridized carbons (Fsp3) is 0.129. The lowest BCUT2D eigenvalue weighted by Crippen LogP contribution is -2.30. The van der Waals surface area contributed by atoms with E-state index in [0.717, 1.165) is 10.5 Å². The van der Waals surface area contributed by atoms with Crippen molar-refractivity contribution in [3.8, 4) is 0 Å². The summed E-state index contributed by atoms with van der Waals surface area (Å²) in [6.07, 6.45) is 1.67. The van der Waals surface area contributed by atoms with Crippen molar-refractivity contribution in [2.45, 2.75) is 18.2 Å². The zero-order valence-electron chi connectivity index (χ0n) is 22.7. The first-order valence-corrected chi connectivity index (χ1v) is 14.8. The number of rotatable bonds is 12. The molecular weight excluding hydrogens is 572 g/mol. The van der Waals surface area contributed by atoms with Gasteiger partial charge in [0.15, 0.2) is 5.13 Å². The first kappa shape index (κ1) is 30.2. The standard InChI is InChI=1S/C31H28N4O5S2/c1-2-40-28(37)18-24-19-42-31(33-24)35-27(36)20-41-25-15-13-23(14-16-25)32-30(39)26(17-21-9-5-3-6-10-21)34-29(38)22-11-7-4-8-12-22/h3-17,19H,2,18,20H2,1H3,(H,32,39)(H,34,38)(H,33,35,36)/b26-17-. The van der Waals surface area contributed by atoms with E-state index in [2.05, 4.69) is 20.9 Å². The molecule has 9 nitrogen and oxygen atoms in total. The van der Waals surface area contributed by atoms with E-state index >= 15 is 0 Å². The predicted octanol–water partition coefficient (Wildman–Crippen LogP) is 5.39. The second kappa shape index (κ2) is 15.3. The van der Waals surface area contributed by atoms with Gasteiger partial charge < -0.3 is 20.7 Å². The van der Waals surface area contributed by atoms with Gasteiger partial charge in [-0.05, 0) is 55.0 Å². The summed E-state index contributed by atoms with van der Waals surface area (Å²) in [5.41, 5.74) is 2.35. The lowest BCUT2D eigenvalue weighted by molar-refractivity contribution is -0.142. The molecule has 0 saturated heterocycles. The largest absolute Gasteiger partial charge is 0.466 e. The Bertz CT molecular complexity index is 1560. The summed E-state index contributed by atoms with van der Waals surface area (Å²) in [5.74, 6) is -1.33. The summed E-state index contributed by atoms with van der Waals surface area (Å²) in [4.78, 5) is 55.0. The Morgan fingerprint density at radius 2 is 1.60 bits per heavy atom. The molecule has 4 rings (SSSR count). The van der Waals surface area contributed by atoms with Crippen molar-refractivity contribution in [3.05, 3.63) is 113 Å². The summed E-state index contributed by atoms with van der Waals surface area (Å²) in [5, 5.41) is 10.4. The van der Waals surface area contributed by atoms with E-state index in [4.69, 9.17) is 4.74 Å². The number of ether oxygens (including phenoxy) is 1. The van der Waals surface area contributed by atoms with Gasteiger partial charge in [-0.3, -0.25) is 19.2 Å². The fourth-order valence-corrected chi connectivity index (χ4v) is 5.03. The number of benzene rings is 3. The highest BCUT2D eigenvalue weighted by atomic mass is 32.2. The molecule has 214 valence electrons. The van der Waals surface area contributed by atoms with Gasteiger partial charge in [0.05, 0.1) is 24.5 Å². The van der Waals surface area contributed by atoms with Gasteiger partial charge in [-0.1, -0.05) is 48.5 Å². The van der Waals surface area contributed by atoms with Crippen LogP contribution in [0.1, 0.15) is 28.5 Å². The molecule has 0 radical (unpaired) electrons. The topological polar surface area (TPSA) is 126 Å². The number of esters is 1. The molecule has 0 unspecified atom stereocenters. The minimum absolute atomic E-state index is 0.0563. The SMILES string of the molecule is CCOC(=O)Cc1csc(NC(=O)CSc2ccc(NC(=O)/C(=C/c3ccccc3)NC(=O)c3ccccc3)cc2)n1. The predicted molar refractivity (Wildman–Crippen MR) is 165 cm³/mol. The van der Waals surface area contributed by atoms with Crippen LogP contribution in [-0.4, -0.2) is 41.0 Å². The highest BCUT2D eigenvalue weighted by molar-refractivity contribution is 8.00. The highest BCUT2D eigenvalue weighted by Gasteiger charge is 2.15. The molecule has 0 atom stereocenters. The molecule has 0 aliphatic carbocycles. The van der Waals surface area contributed by atoms with Crippen molar-refractivity contribution in [1.82, 2.24) is 10.3 Å². The Kier molecular flexibility index (Phi) is 11.0. The van der Waals surface area contributed by atoms with Crippen LogP contribution in [0.5, 0.6) is 0 Å². The van der Waals surface area contributed by atoms with Gasteiger partial charge >= 0.3 is 5.97 Å². The van der Waals surface area contributed by atoms with Crippen LogP contribution < -0.4 is 16.0 Å². The molecule has 0 bridgehead atoms. The van der Waals surface area contributed by atoms with Gasteiger partial charge in [-0.2, -0.15) is 0 Å². The average molecular weight is 601 g/mol. The molecule has 42 heavy (non-hydrogen) atoms. The molecule has 0 aliphatic rings. The van der Waals surface area contributed by atoms with Crippen LogP contribution in [0.3, 0.4) is 0 Å². The Balaban J connectivity index is 1.32. The van der Waals surface area contributed by atoms with Crippen molar-refractivity contribution >= 4 is 63.7 Å². The minimum Gasteiger partial charge on any atom is -0.466 e. The molecule has 1 heterocycles. The third-order valence-corrected chi connectivity index (χ3v) is 7.37. The van der Waals surface area contributed by atoms with E-state index in [-0.39, 0.29) is 29.7 Å². The van der Waals surface area contributed by atoms with Crippen molar-refractivity contribution < 1.29 is 23.9 Å². The molecule has 0 saturated carbocycles. The van der Waals surface area contributed by atoms with Gasteiger partial charge in [-0.15, -0.1) is 23.1 Å². The molecule has 11 heteroatoms. The number of anilines is 2. The Hall–Kier alpha value is -4.74. The third-order valence-electron chi connectivity index (χ3n) is 5.55. The maximum atomic E-state index is 13.2.